The van der Waals surface area contributed by atoms with Crippen molar-refractivity contribution >= 4 is 5.78 Å². The second-order valence-corrected chi connectivity index (χ2v) is 6.45. The number of likely N-dealkylation sites (N-methyl/N-ethyl adjacent to an activating group) is 1. The first-order chi connectivity index (χ1) is 9.93. The Morgan fingerprint density at radius 3 is 2.67 bits per heavy atom. The van der Waals surface area contributed by atoms with Crippen molar-refractivity contribution in [1.29, 1.82) is 0 Å². The van der Waals surface area contributed by atoms with Crippen LogP contribution in [-0.2, 0) is 6.54 Å². The molecule has 1 aromatic heterocycles. The maximum Gasteiger partial charge on any atom is 0.178 e. The van der Waals surface area contributed by atoms with Crippen molar-refractivity contribution in [2.45, 2.75) is 46.2 Å². The van der Waals surface area contributed by atoms with Crippen LogP contribution in [0.4, 0.5) is 0 Å². The second kappa shape index (κ2) is 6.75. The minimum absolute atomic E-state index is 0.266. The average molecular weight is 291 g/mol. The summed E-state index contributed by atoms with van der Waals surface area (Å²) in [6.07, 6.45) is 2.42. The van der Waals surface area contributed by atoms with Gasteiger partial charge in [0.1, 0.15) is 0 Å². The topological polar surface area (TPSA) is 28.5 Å². The summed E-state index contributed by atoms with van der Waals surface area (Å²) in [5.74, 6) is 0.266. The van der Waals surface area contributed by atoms with Gasteiger partial charge in [-0.25, -0.2) is 0 Å². The summed E-state index contributed by atoms with van der Waals surface area (Å²) in [7, 11) is 4.26. The standard InChI is InChI=1S/C17H29N3O/c1-6-20-13(2)10-16(14(20)3)17(21)12-19-9-7-8-15(11-19)18(4)5/h10,15H,6-9,11-12H2,1-5H3. The maximum absolute atomic E-state index is 12.6. The van der Waals surface area contributed by atoms with E-state index in [0.29, 0.717) is 12.6 Å². The molecular formula is C17H29N3O. The number of piperidine rings is 1. The molecule has 2 rings (SSSR count). The highest BCUT2D eigenvalue weighted by atomic mass is 16.1. The van der Waals surface area contributed by atoms with Crippen LogP contribution in [-0.4, -0.2) is 59.9 Å². The lowest BCUT2D eigenvalue weighted by Gasteiger charge is -2.35. The van der Waals surface area contributed by atoms with Gasteiger partial charge in [0.15, 0.2) is 5.78 Å². The Morgan fingerprint density at radius 2 is 2.10 bits per heavy atom. The molecule has 0 spiro atoms. The fraction of sp³-hybridized carbons (Fsp3) is 0.706. The summed E-state index contributed by atoms with van der Waals surface area (Å²) in [6, 6.07) is 2.63. The zero-order valence-electron chi connectivity index (χ0n) is 14.1. The smallest absolute Gasteiger partial charge is 0.178 e. The minimum Gasteiger partial charge on any atom is -0.349 e. The Bertz CT molecular complexity index is 504. The van der Waals surface area contributed by atoms with Gasteiger partial charge in [0, 0.05) is 36.1 Å². The highest BCUT2D eigenvalue weighted by Crippen LogP contribution is 2.18. The number of hydrogen-bond donors (Lipinski definition) is 0. The Morgan fingerprint density at radius 1 is 1.38 bits per heavy atom. The quantitative estimate of drug-likeness (QED) is 0.780. The van der Waals surface area contributed by atoms with Crippen LogP contribution in [0.1, 0.15) is 41.5 Å². The largest absolute Gasteiger partial charge is 0.349 e. The highest BCUT2D eigenvalue weighted by Gasteiger charge is 2.24. The lowest BCUT2D eigenvalue weighted by Crippen LogP contribution is -2.46. The summed E-state index contributed by atoms with van der Waals surface area (Å²) in [4.78, 5) is 17.2. The number of Topliss-reactive ketones (excluding diaryl/α,β-unsaturated/α-hetero) is 1. The van der Waals surface area contributed by atoms with Crippen molar-refractivity contribution in [3.8, 4) is 0 Å². The molecule has 4 heteroatoms. The fourth-order valence-corrected chi connectivity index (χ4v) is 3.45. The van der Waals surface area contributed by atoms with Gasteiger partial charge in [-0.15, -0.1) is 0 Å². The molecule has 4 nitrogen and oxygen atoms in total. The molecule has 1 aromatic rings. The lowest BCUT2D eigenvalue weighted by molar-refractivity contribution is 0.0851. The number of aromatic nitrogens is 1. The Hall–Kier alpha value is -1.13. The van der Waals surface area contributed by atoms with Crippen LogP contribution >= 0.6 is 0 Å². The molecule has 118 valence electrons. The molecule has 1 aliphatic rings. The molecule has 1 saturated heterocycles. The SMILES string of the molecule is CCn1c(C)cc(C(=O)CN2CCCC(N(C)C)C2)c1C. The number of nitrogens with zero attached hydrogens (tertiary/aromatic N) is 3. The molecule has 0 N–H and O–H groups in total. The van der Waals surface area contributed by atoms with Crippen LogP contribution in [0.25, 0.3) is 0 Å². The third-order valence-electron chi connectivity index (χ3n) is 4.77. The third kappa shape index (κ3) is 3.55. The number of ketones is 1. The summed E-state index contributed by atoms with van der Waals surface area (Å²) < 4.78 is 2.21. The van der Waals surface area contributed by atoms with Crippen LogP contribution < -0.4 is 0 Å². The van der Waals surface area contributed by atoms with Crippen molar-refractivity contribution < 1.29 is 4.79 Å². The number of carbonyl (C=O) groups excluding carboxylic acids is 1. The van der Waals surface area contributed by atoms with E-state index < -0.39 is 0 Å². The predicted molar refractivity (Wildman–Crippen MR) is 87.1 cm³/mol. The van der Waals surface area contributed by atoms with Gasteiger partial charge in [-0.05, 0) is 60.3 Å². The normalized spacial score (nSPS) is 20.2. The van der Waals surface area contributed by atoms with Crippen molar-refractivity contribution in [1.82, 2.24) is 14.4 Å². The molecule has 21 heavy (non-hydrogen) atoms. The molecule has 0 aliphatic carbocycles. The van der Waals surface area contributed by atoms with E-state index in [9.17, 15) is 4.79 Å². The van der Waals surface area contributed by atoms with Crippen LogP contribution in [0, 0.1) is 13.8 Å². The summed E-state index contributed by atoms with van der Waals surface area (Å²) in [6.45, 7) is 9.79. The summed E-state index contributed by atoms with van der Waals surface area (Å²) >= 11 is 0. The summed E-state index contributed by atoms with van der Waals surface area (Å²) in [5, 5.41) is 0. The first-order valence-electron chi connectivity index (χ1n) is 8.02. The van der Waals surface area contributed by atoms with Gasteiger partial charge in [-0.3, -0.25) is 9.69 Å². The van der Waals surface area contributed by atoms with E-state index in [1.807, 2.05) is 0 Å². The Balaban J connectivity index is 2.04. The first-order valence-corrected chi connectivity index (χ1v) is 8.02. The van der Waals surface area contributed by atoms with Gasteiger partial charge >= 0.3 is 0 Å². The number of carbonyl (C=O) groups is 1. The fourth-order valence-electron chi connectivity index (χ4n) is 3.45. The van der Waals surface area contributed by atoms with Crippen LogP contribution in [0.15, 0.2) is 6.07 Å². The lowest BCUT2D eigenvalue weighted by atomic mass is 10.0. The number of hydrogen-bond acceptors (Lipinski definition) is 3. The van der Waals surface area contributed by atoms with Crippen molar-refractivity contribution in [3.05, 3.63) is 23.0 Å². The van der Waals surface area contributed by atoms with Crippen molar-refractivity contribution in [2.75, 3.05) is 33.7 Å². The molecule has 0 bridgehead atoms. The van der Waals surface area contributed by atoms with E-state index in [-0.39, 0.29) is 5.78 Å². The predicted octanol–water partition coefficient (Wildman–Crippen LogP) is 2.33. The van der Waals surface area contributed by atoms with E-state index in [1.54, 1.807) is 0 Å². The van der Waals surface area contributed by atoms with E-state index in [2.05, 4.69) is 55.3 Å². The maximum atomic E-state index is 12.6. The highest BCUT2D eigenvalue weighted by molar-refractivity contribution is 5.99. The van der Waals surface area contributed by atoms with Crippen molar-refractivity contribution in [2.24, 2.45) is 0 Å². The Kier molecular flexibility index (Phi) is 5.22. The van der Waals surface area contributed by atoms with Crippen LogP contribution in [0.2, 0.25) is 0 Å². The molecule has 1 fully saturated rings. The molecule has 0 aromatic carbocycles. The average Bonchev–Trinajstić information content (AvgIpc) is 2.73. The molecule has 1 aliphatic heterocycles. The molecular weight excluding hydrogens is 262 g/mol. The molecule has 1 atom stereocenters. The molecule has 0 amide bonds. The number of likely N-dealkylation sites (tertiary alicyclic amines) is 1. The molecule has 0 radical (unpaired) electrons. The van der Waals surface area contributed by atoms with Gasteiger partial charge in [0.25, 0.3) is 0 Å². The number of aryl methyl sites for hydroxylation is 1. The summed E-state index contributed by atoms with van der Waals surface area (Å²) in [5.41, 5.74) is 3.20. The van der Waals surface area contributed by atoms with Gasteiger partial charge < -0.3 is 9.47 Å². The Labute approximate surface area is 128 Å². The van der Waals surface area contributed by atoms with Gasteiger partial charge in [-0.1, -0.05) is 0 Å². The van der Waals surface area contributed by atoms with E-state index >= 15 is 0 Å². The molecule has 2 heterocycles. The first kappa shape index (κ1) is 16.2. The zero-order chi connectivity index (χ0) is 15.6. The molecule has 1 unspecified atom stereocenters. The third-order valence-corrected chi connectivity index (χ3v) is 4.77. The van der Waals surface area contributed by atoms with Crippen LogP contribution in [0.5, 0.6) is 0 Å². The van der Waals surface area contributed by atoms with E-state index in [0.717, 1.165) is 30.9 Å². The monoisotopic (exact) mass is 291 g/mol. The second-order valence-electron chi connectivity index (χ2n) is 6.45. The van der Waals surface area contributed by atoms with E-state index in [4.69, 9.17) is 0 Å². The van der Waals surface area contributed by atoms with Crippen molar-refractivity contribution in [3.63, 3.8) is 0 Å². The number of rotatable bonds is 5. The van der Waals surface area contributed by atoms with Gasteiger partial charge in [0.2, 0.25) is 0 Å². The van der Waals surface area contributed by atoms with Gasteiger partial charge in [0.05, 0.1) is 6.54 Å². The van der Waals surface area contributed by atoms with Gasteiger partial charge in [-0.2, -0.15) is 0 Å². The van der Waals surface area contributed by atoms with Crippen LogP contribution in [0.3, 0.4) is 0 Å². The van der Waals surface area contributed by atoms with E-state index in [1.165, 1.54) is 18.5 Å². The minimum atomic E-state index is 0.266. The zero-order valence-corrected chi connectivity index (χ0v) is 14.1. The molecule has 0 saturated carbocycles.